The first kappa shape index (κ1) is 30.0. The van der Waals surface area contributed by atoms with Gasteiger partial charge in [-0.15, -0.1) is 5.53 Å². The van der Waals surface area contributed by atoms with Crippen LogP contribution in [0.3, 0.4) is 0 Å². The van der Waals surface area contributed by atoms with Crippen molar-refractivity contribution < 1.29 is 0 Å². The zero-order valence-corrected chi connectivity index (χ0v) is 26.8. The third-order valence-corrected chi connectivity index (χ3v) is 9.07. The molecule has 8 nitrogen and oxygen atoms in total. The van der Waals surface area contributed by atoms with E-state index in [0.717, 1.165) is 59.6 Å². The number of anilines is 3. The van der Waals surface area contributed by atoms with Gasteiger partial charge in [0.15, 0.2) is 0 Å². The van der Waals surface area contributed by atoms with Crippen molar-refractivity contribution in [1.29, 1.82) is 5.26 Å². The SMILES string of the molecule is CCN1CCc2ccc([C@H](Nc3cc(Cl)c4ncc(C#N)c(Nc5ccc(C)c(Cl)c5)c4c3)C3=CN(C(C)C)NN3)cc2C1. The van der Waals surface area contributed by atoms with Crippen molar-refractivity contribution in [1.82, 2.24) is 25.9 Å². The lowest BCUT2D eigenvalue weighted by molar-refractivity contribution is 0.221. The standard InChI is InChI=1S/C34H36Cl2N8/c1-5-43-11-10-22-7-8-23(12-24(22)18-43)33(31-19-44(20(2)3)42-41-31)40-27-13-28-32(39-26-9-6-21(4)29(35)14-26)25(16-37)17-38-34(28)30(36)15-27/h6-9,12-15,17,19-20,33,40-42H,5,10-11,18H2,1-4H3,(H,38,39)/t33-/m0/s1. The number of pyridine rings is 1. The van der Waals surface area contributed by atoms with Crippen LogP contribution in [0.5, 0.6) is 0 Å². The van der Waals surface area contributed by atoms with Gasteiger partial charge in [0.1, 0.15) is 6.07 Å². The molecular formula is C34H36Cl2N8. The molecule has 0 amide bonds. The lowest BCUT2D eigenvalue weighted by Crippen LogP contribution is -2.41. The van der Waals surface area contributed by atoms with Crippen LogP contribution in [-0.2, 0) is 13.0 Å². The molecule has 0 aliphatic carbocycles. The maximum atomic E-state index is 10.00. The summed E-state index contributed by atoms with van der Waals surface area (Å²) < 4.78 is 0. The van der Waals surface area contributed by atoms with E-state index >= 15 is 0 Å². The molecule has 4 aromatic rings. The molecule has 0 bridgehead atoms. The summed E-state index contributed by atoms with van der Waals surface area (Å²) in [6.45, 7) is 11.5. The van der Waals surface area contributed by atoms with Crippen LogP contribution < -0.4 is 21.6 Å². The number of nitrogens with one attached hydrogen (secondary N) is 4. The van der Waals surface area contributed by atoms with Gasteiger partial charge >= 0.3 is 0 Å². The summed E-state index contributed by atoms with van der Waals surface area (Å²) in [6, 6.07) is 18.8. The molecule has 6 rings (SSSR count). The molecule has 0 spiro atoms. The topological polar surface area (TPSA) is 91.3 Å². The first-order chi connectivity index (χ1) is 21.2. The first-order valence-electron chi connectivity index (χ1n) is 14.9. The number of benzene rings is 3. The van der Waals surface area contributed by atoms with Crippen molar-refractivity contribution in [2.24, 2.45) is 0 Å². The minimum atomic E-state index is -0.207. The maximum Gasteiger partial charge on any atom is 0.103 e. The number of aryl methyl sites for hydroxylation is 1. The normalized spacial score (nSPS) is 15.5. The second-order valence-corrected chi connectivity index (χ2v) is 12.5. The van der Waals surface area contributed by atoms with Gasteiger partial charge in [-0.25, -0.2) is 0 Å². The molecule has 2 aliphatic heterocycles. The molecule has 0 saturated heterocycles. The second-order valence-electron chi connectivity index (χ2n) is 11.6. The van der Waals surface area contributed by atoms with E-state index in [1.165, 1.54) is 11.1 Å². The van der Waals surface area contributed by atoms with E-state index in [9.17, 15) is 5.26 Å². The van der Waals surface area contributed by atoms with Gasteiger partial charge in [-0.1, -0.05) is 54.4 Å². The average Bonchev–Trinajstić information content (AvgIpc) is 3.52. The van der Waals surface area contributed by atoms with Crippen molar-refractivity contribution in [3.63, 3.8) is 0 Å². The Labute approximate surface area is 268 Å². The second kappa shape index (κ2) is 12.5. The van der Waals surface area contributed by atoms with Gasteiger partial charge in [-0.3, -0.25) is 14.9 Å². The van der Waals surface area contributed by atoms with Gasteiger partial charge in [0.2, 0.25) is 0 Å². The fourth-order valence-corrected chi connectivity index (χ4v) is 6.19. The van der Waals surface area contributed by atoms with E-state index in [1.54, 1.807) is 6.20 Å². The van der Waals surface area contributed by atoms with Crippen LogP contribution in [0.15, 0.2) is 66.6 Å². The molecule has 0 saturated carbocycles. The van der Waals surface area contributed by atoms with Gasteiger partial charge < -0.3 is 16.1 Å². The van der Waals surface area contributed by atoms with E-state index in [0.29, 0.717) is 26.8 Å². The Morgan fingerprint density at radius 2 is 1.86 bits per heavy atom. The maximum absolute atomic E-state index is 10.00. The zero-order valence-electron chi connectivity index (χ0n) is 25.3. The van der Waals surface area contributed by atoms with E-state index in [2.05, 4.69) is 82.7 Å². The summed E-state index contributed by atoms with van der Waals surface area (Å²) in [5, 5.41) is 21.1. The molecule has 1 atom stereocenters. The Hall–Kier alpha value is -4.00. The Bertz CT molecular complexity index is 1790. The predicted octanol–water partition coefficient (Wildman–Crippen LogP) is 7.57. The largest absolute Gasteiger partial charge is 0.373 e. The van der Waals surface area contributed by atoms with E-state index < -0.39 is 0 Å². The Balaban J connectivity index is 1.43. The summed E-state index contributed by atoms with van der Waals surface area (Å²) >= 11 is 13.3. The molecule has 226 valence electrons. The number of halogens is 2. The summed E-state index contributed by atoms with van der Waals surface area (Å²) in [5.74, 6) is 0. The number of likely N-dealkylation sites (N-methyl/N-ethyl adjacent to an activating group) is 1. The predicted molar refractivity (Wildman–Crippen MR) is 180 cm³/mol. The van der Waals surface area contributed by atoms with Crippen LogP contribution in [-0.4, -0.2) is 34.0 Å². The van der Waals surface area contributed by atoms with Crippen molar-refractivity contribution in [3.05, 3.63) is 104 Å². The number of nitriles is 1. The zero-order chi connectivity index (χ0) is 31.0. The third kappa shape index (κ3) is 6.01. The van der Waals surface area contributed by atoms with Gasteiger partial charge in [0.05, 0.1) is 33.5 Å². The van der Waals surface area contributed by atoms with Crippen LogP contribution in [0, 0.1) is 18.3 Å². The molecule has 10 heteroatoms. The Kier molecular flexibility index (Phi) is 8.57. The van der Waals surface area contributed by atoms with Gasteiger partial charge in [-0.05, 0) is 80.3 Å². The van der Waals surface area contributed by atoms with Crippen molar-refractivity contribution in [3.8, 4) is 6.07 Å². The molecule has 0 radical (unpaired) electrons. The third-order valence-electron chi connectivity index (χ3n) is 8.37. The van der Waals surface area contributed by atoms with Crippen molar-refractivity contribution in [2.45, 2.75) is 52.7 Å². The molecule has 0 fully saturated rings. The highest BCUT2D eigenvalue weighted by Gasteiger charge is 2.26. The number of rotatable bonds is 8. The quantitative estimate of drug-likeness (QED) is 0.159. The van der Waals surface area contributed by atoms with E-state index in [1.807, 2.05) is 42.3 Å². The fourth-order valence-electron chi connectivity index (χ4n) is 5.74. The Morgan fingerprint density at radius 1 is 1.05 bits per heavy atom. The highest BCUT2D eigenvalue weighted by molar-refractivity contribution is 6.36. The number of fused-ring (bicyclic) bond motifs is 2. The minimum Gasteiger partial charge on any atom is -0.373 e. The number of nitrogens with zero attached hydrogens (tertiary/aromatic N) is 4. The fraction of sp³-hybridized carbons (Fsp3) is 0.294. The molecular weight excluding hydrogens is 591 g/mol. The number of hydrazine groups is 2. The van der Waals surface area contributed by atoms with Crippen molar-refractivity contribution >= 4 is 51.2 Å². The van der Waals surface area contributed by atoms with Crippen LogP contribution in [0.25, 0.3) is 10.9 Å². The lowest BCUT2D eigenvalue weighted by atomic mass is 9.93. The van der Waals surface area contributed by atoms with Gasteiger partial charge in [0, 0.05) is 53.3 Å². The number of hydrogen-bond acceptors (Lipinski definition) is 8. The number of hydrogen-bond donors (Lipinski definition) is 4. The monoisotopic (exact) mass is 626 g/mol. The molecule has 4 N–H and O–H groups in total. The van der Waals surface area contributed by atoms with Crippen LogP contribution in [0.1, 0.15) is 54.6 Å². The molecule has 44 heavy (non-hydrogen) atoms. The number of aromatic nitrogens is 1. The lowest BCUT2D eigenvalue weighted by Gasteiger charge is -2.29. The minimum absolute atomic E-state index is 0.207. The molecule has 3 aromatic carbocycles. The smallest absolute Gasteiger partial charge is 0.103 e. The molecule has 1 aromatic heterocycles. The van der Waals surface area contributed by atoms with Gasteiger partial charge in [-0.2, -0.15) is 5.26 Å². The van der Waals surface area contributed by atoms with Crippen molar-refractivity contribution in [2.75, 3.05) is 23.7 Å². The van der Waals surface area contributed by atoms with E-state index in [4.69, 9.17) is 23.2 Å². The summed E-state index contributed by atoms with van der Waals surface area (Å²) in [6.07, 6.45) is 4.71. The highest BCUT2D eigenvalue weighted by Crippen LogP contribution is 2.38. The highest BCUT2D eigenvalue weighted by atomic mass is 35.5. The molecule has 3 heterocycles. The van der Waals surface area contributed by atoms with E-state index in [-0.39, 0.29) is 12.1 Å². The van der Waals surface area contributed by atoms with Crippen LogP contribution in [0.4, 0.5) is 17.1 Å². The molecule has 2 aliphatic rings. The van der Waals surface area contributed by atoms with Gasteiger partial charge in [0.25, 0.3) is 0 Å². The van der Waals surface area contributed by atoms with Crippen LogP contribution in [0.2, 0.25) is 10.0 Å². The average molecular weight is 628 g/mol. The summed E-state index contributed by atoms with van der Waals surface area (Å²) in [4.78, 5) is 7.02. The van der Waals surface area contributed by atoms with Crippen LogP contribution >= 0.6 is 23.2 Å². The Morgan fingerprint density at radius 3 is 2.59 bits per heavy atom. The molecule has 0 unspecified atom stereocenters. The first-order valence-corrected chi connectivity index (χ1v) is 15.7. The summed E-state index contributed by atoms with van der Waals surface area (Å²) in [5.41, 5.74) is 15.7. The summed E-state index contributed by atoms with van der Waals surface area (Å²) in [7, 11) is 0.